The molecule has 0 aromatic carbocycles. The average Bonchev–Trinajstić information content (AvgIpc) is 3.14. The van der Waals surface area contributed by atoms with Gasteiger partial charge in [-0.3, -0.25) is 4.68 Å². The van der Waals surface area contributed by atoms with E-state index in [1.54, 1.807) is 0 Å². The van der Waals surface area contributed by atoms with E-state index in [1.807, 2.05) is 0 Å². The second-order valence-electron chi connectivity index (χ2n) is 5.71. The van der Waals surface area contributed by atoms with E-state index in [0.717, 1.165) is 12.6 Å². The molecule has 1 aromatic rings. The Morgan fingerprint density at radius 1 is 1.22 bits per heavy atom. The zero-order valence-corrected chi connectivity index (χ0v) is 11.6. The Labute approximate surface area is 109 Å². The Hall–Kier alpha value is -1.03. The Bertz CT molecular complexity index is 414. The van der Waals surface area contributed by atoms with Crippen molar-refractivity contribution in [2.75, 3.05) is 18.0 Å². The molecule has 0 radical (unpaired) electrons. The lowest BCUT2D eigenvalue weighted by molar-refractivity contribution is 0.558. The van der Waals surface area contributed by atoms with Crippen LogP contribution in [0, 0.1) is 6.92 Å². The normalized spacial score (nSPS) is 20.4. The molecular formula is C14H24N4. The molecule has 0 atom stereocenters. The number of aromatic nitrogens is 2. The standard InChI is InChI=1S/C14H24N4/c1-11-13(10-15-12-6-7-12)14(17(2)16-11)18-8-4-3-5-9-18/h12,15H,3-10H2,1-2H3. The molecule has 1 aromatic heterocycles. The number of nitrogens with one attached hydrogen (secondary N) is 1. The first-order chi connectivity index (χ1) is 8.75. The van der Waals surface area contributed by atoms with Crippen molar-refractivity contribution in [1.82, 2.24) is 15.1 Å². The maximum Gasteiger partial charge on any atom is 0.131 e. The molecule has 1 aliphatic carbocycles. The first-order valence-electron chi connectivity index (χ1n) is 7.26. The van der Waals surface area contributed by atoms with Crippen molar-refractivity contribution >= 4 is 5.82 Å². The van der Waals surface area contributed by atoms with Gasteiger partial charge in [0, 0.05) is 38.3 Å². The zero-order chi connectivity index (χ0) is 12.5. The summed E-state index contributed by atoms with van der Waals surface area (Å²) in [5.41, 5.74) is 2.59. The topological polar surface area (TPSA) is 33.1 Å². The third-order valence-electron chi connectivity index (χ3n) is 4.11. The predicted molar refractivity (Wildman–Crippen MR) is 73.9 cm³/mol. The maximum atomic E-state index is 4.62. The van der Waals surface area contributed by atoms with Crippen molar-refractivity contribution in [1.29, 1.82) is 0 Å². The molecule has 0 bridgehead atoms. The third-order valence-corrected chi connectivity index (χ3v) is 4.11. The molecule has 1 N–H and O–H groups in total. The van der Waals surface area contributed by atoms with Crippen molar-refractivity contribution in [3.8, 4) is 0 Å². The lowest BCUT2D eigenvalue weighted by Crippen LogP contribution is -2.32. The molecule has 0 amide bonds. The predicted octanol–water partition coefficient (Wildman–Crippen LogP) is 1.97. The van der Waals surface area contributed by atoms with Crippen LogP contribution in [0.1, 0.15) is 43.4 Å². The molecule has 1 saturated carbocycles. The molecule has 1 saturated heterocycles. The van der Waals surface area contributed by atoms with Crippen LogP contribution >= 0.6 is 0 Å². The fourth-order valence-electron chi connectivity index (χ4n) is 2.93. The Morgan fingerprint density at radius 3 is 2.61 bits per heavy atom. The molecule has 2 aliphatic rings. The minimum absolute atomic E-state index is 0.763. The van der Waals surface area contributed by atoms with E-state index in [1.165, 1.54) is 62.3 Å². The van der Waals surface area contributed by atoms with E-state index in [2.05, 4.69) is 34.0 Å². The van der Waals surface area contributed by atoms with Gasteiger partial charge in [0.25, 0.3) is 0 Å². The summed E-state index contributed by atoms with van der Waals surface area (Å²) in [6.07, 6.45) is 6.71. The van der Waals surface area contributed by atoms with Gasteiger partial charge in [0.2, 0.25) is 0 Å². The SMILES string of the molecule is Cc1nn(C)c(N2CCCCC2)c1CNC1CC1. The fourth-order valence-corrected chi connectivity index (χ4v) is 2.93. The highest BCUT2D eigenvalue weighted by molar-refractivity contribution is 5.50. The van der Waals surface area contributed by atoms with Crippen LogP contribution in [0.5, 0.6) is 0 Å². The minimum Gasteiger partial charge on any atom is -0.357 e. The van der Waals surface area contributed by atoms with Gasteiger partial charge in [-0.1, -0.05) is 0 Å². The van der Waals surface area contributed by atoms with Crippen molar-refractivity contribution in [3.05, 3.63) is 11.3 Å². The van der Waals surface area contributed by atoms with Crippen molar-refractivity contribution in [2.24, 2.45) is 7.05 Å². The van der Waals surface area contributed by atoms with E-state index >= 15 is 0 Å². The smallest absolute Gasteiger partial charge is 0.131 e. The molecule has 2 fully saturated rings. The lowest BCUT2D eigenvalue weighted by Gasteiger charge is -2.29. The number of hydrogen-bond acceptors (Lipinski definition) is 3. The number of hydrogen-bond donors (Lipinski definition) is 1. The summed E-state index contributed by atoms with van der Waals surface area (Å²) >= 11 is 0. The zero-order valence-electron chi connectivity index (χ0n) is 11.6. The summed E-state index contributed by atoms with van der Waals surface area (Å²) in [5.74, 6) is 1.35. The summed E-state index contributed by atoms with van der Waals surface area (Å²) in [5, 5.41) is 8.25. The van der Waals surface area contributed by atoms with Crippen LogP contribution in [-0.2, 0) is 13.6 Å². The highest BCUT2D eigenvalue weighted by atomic mass is 15.4. The van der Waals surface area contributed by atoms with Crippen LogP contribution in [0.4, 0.5) is 5.82 Å². The number of aryl methyl sites for hydroxylation is 2. The van der Waals surface area contributed by atoms with Gasteiger partial charge in [-0.15, -0.1) is 0 Å². The van der Waals surface area contributed by atoms with Crippen molar-refractivity contribution in [3.63, 3.8) is 0 Å². The minimum atomic E-state index is 0.763. The van der Waals surface area contributed by atoms with Crippen LogP contribution in [0.3, 0.4) is 0 Å². The molecular weight excluding hydrogens is 224 g/mol. The van der Waals surface area contributed by atoms with Gasteiger partial charge in [-0.25, -0.2) is 0 Å². The molecule has 3 rings (SSSR count). The molecule has 100 valence electrons. The Balaban J connectivity index is 1.80. The second kappa shape index (κ2) is 4.92. The molecule has 4 heteroatoms. The summed E-state index contributed by atoms with van der Waals surface area (Å²) < 4.78 is 2.07. The monoisotopic (exact) mass is 248 g/mol. The largest absolute Gasteiger partial charge is 0.357 e. The number of nitrogens with zero attached hydrogens (tertiary/aromatic N) is 3. The number of rotatable bonds is 4. The van der Waals surface area contributed by atoms with Gasteiger partial charge >= 0.3 is 0 Å². The van der Waals surface area contributed by atoms with Gasteiger partial charge in [0.15, 0.2) is 0 Å². The molecule has 0 unspecified atom stereocenters. The van der Waals surface area contributed by atoms with E-state index in [9.17, 15) is 0 Å². The van der Waals surface area contributed by atoms with E-state index in [-0.39, 0.29) is 0 Å². The Morgan fingerprint density at radius 2 is 1.94 bits per heavy atom. The van der Waals surface area contributed by atoms with Crippen LogP contribution in [0.2, 0.25) is 0 Å². The summed E-state index contributed by atoms with van der Waals surface area (Å²) in [6, 6.07) is 0.763. The fraction of sp³-hybridized carbons (Fsp3) is 0.786. The summed E-state index contributed by atoms with van der Waals surface area (Å²) in [7, 11) is 2.08. The van der Waals surface area contributed by atoms with Crippen LogP contribution < -0.4 is 10.2 Å². The van der Waals surface area contributed by atoms with Gasteiger partial charge in [-0.2, -0.15) is 5.10 Å². The van der Waals surface area contributed by atoms with E-state index < -0.39 is 0 Å². The Kier molecular flexibility index (Phi) is 3.29. The van der Waals surface area contributed by atoms with Gasteiger partial charge in [0.05, 0.1) is 5.69 Å². The quantitative estimate of drug-likeness (QED) is 0.884. The molecule has 4 nitrogen and oxygen atoms in total. The van der Waals surface area contributed by atoms with Gasteiger partial charge < -0.3 is 10.2 Å². The van der Waals surface area contributed by atoms with E-state index in [0.29, 0.717) is 0 Å². The lowest BCUT2D eigenvalue weighted by atomic mass is 10.1. The first-order valence-corrected chi connectivity index (χ1v) is 7.26. The van der Waals surface area contributed by atoms with Crippen LogP contribution in [-0.4, -0.2) is 28.9 Å². The third kappa shape index (κ3) is 2.39. The van der Waals surface area contributed by atoms with Crippen molar-refractivity contribution < 1.29 is 0 Å². The second-order valence-corrected chi connectivity index (χ2v) is 5.71. The first kappa shape index (κ1) is 12.0. The number of piperidine rings is 1. The van der Waals surface area contributed by atoms with Crippen LogP contribution in [0.25, 0.3) is 0 Å². The van der Waals surface area contributed by atoms with Gasteiger partial charge in [-0.05, 0) is 39.0 Å². The summed E-state index contributed by atoms with van der Waals surface area (Å²) in [6.45, 7) is 5.50. The van der Waals surface area contributed by atoms with Crippen molar-refractivity contribution in [2.45, 2.75) is 51.6 Å². The van der Waals surface area contributed by atoms with Crippen LogP contribution in [0.15, 0.2) is 0 Å². The van der Waals surface area contributed by atoms with E-state index in [4.69, 9.17) is 0 Å². The molecule has 18 heavy (non-hydrogen) atoms. The maximum absolute atomic E-state index is 4.62. The van der Waals surface area contributed by atoms with Gasteiger partial charge in [0.1, 0.15) is 5.82 Å². The number of anilines is 1. The highest BCUT2D eigenvalue weighted by Crippen LogP contribution is 2.27. The summed E-state index contributed by atoms with van der Waals surface area (Å²) in [4.78, 5) is 2.52. The molecule has 0 spiro atoms. The molecule has 2 heterocycles. The molecule has 1 aliphatic heterocycles. The average molecular weight is 248 g/mol. The highest BCUT2D eigenvalue weighted by Gasteiger charge is 2.24.